The molecule has 0 heteroatoms. The number of fused-ring (bicyclic) bond motifs is 8. The van der Waals surface area contributed by atoms with Crippen molar-refractivity contribution < 1.29 is 0 Å². The third-order valence-electron chi connectivity index (χ3n) is 13.2. The van der Waals surface area contributed by atoms with E-state index in [0.29, 0.717) is 0 Å². The lowest BCUT2D eigenvalue weighted by atomic mass is 9.91. The Kier molecular flexibility index (Phi) is 7.62. The van der Waals surface area contributed by atoms with E-state index >= 15 is 0 Å². The molecule has 12 aromatic rings. The molecular weight excluding hydrogens is 745 g/mol. The second-order valence-corrected chi connectivity index (χ2v) is 16.7. The Balaban J connectivity index is 0.792. The summed E-state index contributed by atoms with van der Waals surface area (Å²) in [6.07, 6.45) is 0. The first-order valence-corrected chi connectivity index (χ1v) is 21.4. The van der Waals surface area contributed by atoms with Crippen LogP contribution in [0.25, 0.3) is 132 Å². The maximum Gasteiger partial charge on any atom is 0.0400 e. The molecule has 1 aliphatic rings. The molecule has 0 aliphatic heterocycles. The summed E-state index contributed by atoms with van der Waals surface area (Å²) in [5, 5.41) is 12.3. The minimum atomic E-state index is 1.11. The minimum Gasteiger partial charge on any atom is -0.0695 e. The quantitative estimate of drug-likeness (QED) is 0.163. The molecule has 0 heterocycles. The van der Waals surface area contributed by atoms with Crippen LogP contribution in [0.1, 0.15) is 0 Å². The van der Waals surface area contributed by atoms with Crippen molar-refractivity contribution in [2.45, 2.75) is 0 Å². The van der Waals surface area contributed by atoms with Gasteiger partial charge in [0, 0.05) is 5.39 Å². The van der Waals surface area contributed by atoms with Crippen LogP contribution in [0.15, 0.2) is 218 Å². The normalized spacial score (nSPS) is 11.7. The van der Waals surface area contributed by atoms with Gasteiger partial charge in [0.05, 0.1) is 0 Å². The van der Waals surface area contributed by atoms with Crippen LogP contribution in [0.5, 0.6) is 0 Å². The fourth-order valence-electron chi connectivity index (χ4n) is 10.2. The lowest BCUT2D eigenvalue weighted by Gasteiger charge is -2.12. The van der Waals surface area contributed by atoms with Gasteiger partial charge in [-0.3, -0.25) is 0 Å². The van der Waals surface area contributed by atoms with E-state index in [9.17, 15) is 0 Å². The summed E-state index contributed by atoms with van der Waals surface area (Å²) in [7, 11) is 0. The average molecular weight is 781 g/mol. The molecule has 0 atom stereocenters. The molecule has 0 aromatic heterocycles. The van der Waals surface area contributed by atoms with E-state index in [2.05, 4.69) is 224 Å². The van der Waals surface area contributed by atoms with Crippen LogP contribution in [-0.4, -0.2) is 0 Å². The zero-order valence-electron chi connectivity index (χ0n) is 33.8. The van der Waals surface area contributed by atoms with Crippen molar-refractivity contribution in [1.82, 2.24) is 0 Å². The molecule has 1 aliphatic carbocycles. The lowest BCUT2D eigenvalue weighted by Crippen LogP contribution is -1.86. The summed E-state index contributed by atoms with van der Waals surface area (Å²) in [6, 6.07) is 87.1. The SMILES string of the molecule is c1ccc2cc(-c3cccc(-c4ccc5cc(-c6ccc7cc(-c8cccc(-c9ccc%10c%11c(cccc9%11)-c9ccccc9-%10)c8)ccc7c6)ccc5c4)c3)c3ccccc3c2c#1. The summed E-state index contributed by atoms with van der Waals surface area (Å²) < 4.78 is 0. The summed E-state index contributed by atoms with van der Waals surface area (Å²) in [5.74, 6) is 0. The van der Waals surface area contributed by atoms with Crippen LogP contribution in [0.2, 0.25) is 0 Å². The molecule has 62 heavy (non-hydrogen) atoms. The third kappa shape index (κ3) is 5.50. The molecule has 0 nitrogen and oxygen atoms in total. The molecule has 12 aromatic carbocycles. The first kappa shape index (κ1) is 34.6. The number of benzene rings is 11. The zero-order chi connectivity index (χ0) is 40.7. The van der Waals surface area contributed by atoms with E-state index in [4.69, 9.17) is 0 Å². The smallest absolute Gasteiger partial charge is 0.0400 e. The van der Waals surface area contributed by atoms with Crippen LogP contribution < -0.4 is 0 Å². The highest BCUT2D eigenvalue weighted by atomic mass is 14.3. The Hall–Kier alpha value is -8.24. The van der Waals surface area contributed by atoms with Crippen molar-refractivity contribution in [1.29, 1.82) is 0 Å². The Morgan fingerprint density at radius 2 is 0.694 bits per heavy atom. The Morgan fingerprint density at radius 1 is 0.242 bits per heavy atom. The van der Waals surface area contributed by atoms with Crippen molar-refractivity contribution >= 4 is 53.9 Å². The number of rotatable bonds is 5. The van der Waals surface area contributed by atoms with E-state index in [1.807, 2.05) is 6.07 Å². The van der Waals surface area contributed by atoms with Gasteiger partial charge in [0.1, 0.15) is 0 Å². The van der Waals surface area contributed by atoms with Gasteiger partial charge in [-0.15, -0.1) is 0 Å². The van der Waals surface area contributed by atoms with Crippen LogP contribution in [0.3, 0.4) is 0 Å². The van der Waals surface area contributed by atoms with Crippen molar-refractivity contribution in [3.8, 4) is 77.9 Å². The average Bonchev–Trinajstić information content (AvgIpc) is 3.68. The molecule has 0 spiro atoms. The van der Waals surface area contributed by atoms with Crippen LogP contribution in [-0.2, 0) is 0 Å². The van der Waals surface area contributed by atoms with Crippen LogP contribution in [0, 0.1) is 12.1 Å². The largest absolute Gasteiger partial charge is 0.0695 e. The summed E-state index contributed by atoms with van der Waals surface area (Å²) in [4.78, 5) is 0. The van der Waals surface area contributed by atoms with Gasteiger partial charge in [-0.25, -0.2) is 0 Å². The van der Waals surface area contributed by atoms with Crippen molar-refractivity contribution in [2.75, 3.05) is 0 Å². The van der Waals surface area contributed by atoms with E-state index in [0.717, 1.165) is 5.39 Å². The maximum absolute atomic E-state index is 3.35. The van der Waals surface area contributed by atoms with Gasteiger partial charge in [0.2, 0.25) is 0 Å². The molecule has 0 fully saturated rings. The molecule has 13 rings (SSSR count). The van der Waals surface area contributed by atoms with Crippen molar-refractivity contribution in [3.63, 3.8) is 0 Å². The van der Waals surface area contributed by atoms with E-state index in [1.54, 1.807) is 0 Å². The topological polar surface area (TPSA) is 0 Å². The Labute approximate surface area is 360 Å². The van der Waals surface area contributed by atoms with Crippen molar-refractivity contribution in [3.05, 3.63) is 231 Å². The van der Waals surface area contributed by atoms with Crippen molar-refractivity contribution in [2.24, 2.45) is 0 Å². The predicted octanol–water partition coefficient (Wildman–Crippen LogP) is 17.0. The summed E-state index contributed by atoms with van der Waals surface area (Å²) in [6.45, 7) is 0. The van der Waals surface area contributed by atoms with E-state index in [-0.39, 0.29) is 0 Å². The third-order valence-corrected chi connectivity index (χ3v) is 13.2. The highest BCUT2D eigenvalue weighted by Crippen LogP contribution is 2.49. The van der Waals surface area contributed by atoms with Gasteiger partial charge in [-0.1, -0.05) is 176 Å². The molecule has 0 N–H and O–H groups in total. The van der Waals surface area contributed by atoms with Gasteiger partial charge in [0.15, 0.2) is 0 Å². The molecule has 0 unspecified atom stereocenters. The van der Waals surface area contributed by atoms with Gasteiger partial charge in [-0.05, 0) is 181 Å². The van der Waals surface area contributed by atoms with Crippen LogP contribution in [0.4, 0.5) is 0 Å². The Morgan fingerprint density at radius 3 is 1.31 bits per heavy atom. The monoisotopic (exact) mass is 780 g/mol. The molecule has 0 radical (unpaired) electrons. The van der Waals surface area contributed by atoms with Gasteiger partial charge in [-0.2, -0.15) is 0 Å². The van der Waals surface area contributed by atoms with E-state index < -0.39 is 0 Å². The highest BCUT2D eigenvalue weighted by Gasteiger charge is 2.22. The molecular formula is C62H36. The highest BCUT2D eigenvalue weighted by molar-refractivity contribution is 6.19. The zero-order valence-corrected chi connectivity index (χ0v) is 33.8. The van der Waals surface area contributed by atoms with Gasteiger partial charge < -0.3 is 0 Å². The summed E-state index contributed by atoms with van der Waals surface area (Å²) >= 11 is 0. The molecule has 0 bridgehead atoms. The van der Waals surface area contributed by atoms with Crippen LogP contribution >= 0.6 is 0 Å². The first-order valence-electron chi connectivity index (χ1n) is 21.4. The number of hydrogen-bond donors (Lipinski definition) is 0. The Bertz CT molecular complexity index is 3780. The minimum absolute atomic E-state index is 1.11. The lowest BCUT2D eigenvalue weighted by molar-refractivity contribution is 1.61. The fraction of sp³-hybridized carbons (Fsp3) is 0. The molecule has 0 saturated carbocycles. The second-order valence-electron chi connectivity index (χ2n) is 16.7. The standard InChI is InChI=1S/C62H36/c1-2-15-52-51(10-1)38-61(57-19-6-3-16-54(52)57)50-14-8-12-40(37-50)42-23-25-46-35-48(29-27-44(46)33-42)47-28-26-43-32-41(22-24-45(43)34-47)39-11-7-13-49(36-39)53-30-31-60-56-18-5-4-17-55(56)59-21-9-20-58(53)62(59)60/h1,3-14,16-38H. The molecule has 284 valence electrons. The first-order chi connectivity index (χ1) is 30.7. The maximum atomic E-state index is 3.35. The van der Waals surface area contributed by atoms with Gasteiger partial charge >= 0.3 is 0 Å². The molecule has 0 saturated heterocycles. The van der Waals surface area contributed by atoms with Gasteiger partial charge in [0.25, 0.3) is 0 Å². The number of hydrogen-bond acceptors (Lipinski definition) is 0. The predicted molar refractivity (Wildman–Crippen MR) is 263 cm³/mol. The fourth-order valence-corrected chi connectivity index (χ4v) is 10.2. The van der Waals surface area contributed by atoms with E-state index in [1.165, 1.54) is 126 Å². The molecule has 0 amide bonds. The summed E-state index contributed by atoms with van der Waals surface area (Å²) in [5.41, 5.74) is 17.6. The second kappa shape index (κ2) is 13.7.